The van der Waals surface area contributed by atoms with E-state index < -0.39 is 0 Å². The highest BCUT2D eigenvalue weighted by molar-refractivity contribution is 5.92. The minimum atomic E-state index is 0.0407. The molecule has 0 spiro atoms. The first kappa shape index (κ1) is 10.0. The molecule has 0 saturated carbocycles. The third-order valence-corrected chi connectivity index (χ3v) is 2.86. The Morgan fingerprint density at radius 3 is 3.00 bits per heavy atom. The van der Waals surface area contributed by atoms with Gasteiger partial charge in [0.05, 0.1) is 12.1 Å². The normalized spacial score (nSPS) is 16.0. The molecule has 0 aliphatic carbocycles. The monoisotopic (exact) mass is 228 g/mol. The minimum Gasteiger partial charge on any atom is -0.353 e. The van der Waals surface area contributed by atoms with Gasteiger partial charge in [-0.3, -0.25) is 4.79 Å². The topological polar surface area (TPSA) is 58.1 Å². The first-order chi connectivity index (χ1) is 8.34. The lowest BCUT2D eigenvalue weighted by Gasteiger charge is -2.28. The molecule has 0 unspecified atom stereocenters. The highest BCUT2D eigenvalue weighted by atomic mass is 16.2. The maximum atomic E-state index is 11.4. The highest BCUT2D eigenvalue weighted by Gasteiger charge is 2.19. The zero-order chi connectivity index (χ0) is 11.7. The van der Waals surface area contributed by atoms with E-state index in [4.69, 9.17) is 0 Å². The van der Waals surface area contributed by atoms with Crippen molar-refractivity contribution in [2.24, 2.45) is 0 Å². The lowest BCUT2D eigenvalue weighted by Crippen LogP contribution is -2.48. The molecule has 1 saturated heterocycles. The molecule has 3 rings (SSSR count). The molecule has 1 aliphatic rings. The van der Waals surface area contributed by atoms with Gasteiger partial charge in [0.1, 0.15) is 12.1 Å². The van der Waals surface area contributed by atoms with Crippen LogP contribution < -0.4 is 10.2 Å². The fourth-order valence-electron chi connectivity index (χ4n) is 2.06. The van der Waals surface area contributed by atoms with Crippen LogP contribution in [0.1, 0.15) is 0 Å². The molecule has 0 radical (unpaired) electrons. The largest absolute Gasteiger partial charge is 0.353 e. The van der Waals surface area contributed by atoms with Crippen LogP contribution in [-0.2, 0) is 4.79 Å². The van der Waals surface area contributed by atoms with Gasteiger partial charge in [-0.2, -0.15) is 0 Å². The number of hydrogen-bond acceptors (Lipinski definition) is 4. The predicted octanol–water partition coefficient (Wildman–Crippen LogP) is 0.566. The number of para-hydroxylation sites is 1. The van der Waals surface area contributed by atoms with Crippen molar-refractivity contribution in [1.29, 1.82) is 0 Å². The number of anilines is 1. The van der Waals surface area contributed by atoms with Crippen molar-refractivity contribution in [2.75, 3.05) is 24.5 Å². The molecule has 1 N–H and O–H groups in total. The van der Waals surface area contributed by atoms with Crippen LogP contribution in [0.5, 0.6) is 0 Å². The van der Waals surface area contributed by atoms with Crippen LogP contribution >= 0.6 is 0 Å². The van der Waals surface area contributed by atoms with Crippen LogP contribution in [0.4, 0.5) is 5.82 Å². The Morgan fingerprint density at radius 2 is 2.12 bits per heavy atom. The number of benzene rings is 1. The van der Waals surface area contributed by atoms with Crippen molar-refractivity contribution in [3.63, 3.8) is 0 Å². The van der Waals surface area contributed by atoms with E-state index in [-0.39, 0.29) is 5.91 Å². The Balaban J connectivity index is 2.07. The van der Waals surface area contributed by atoms with Crippen molar-refractivity contribution in [1.82, 2.24) is 15.3 Å². The van der Waals surface area contributed by atoms with E-state index in [1.807, 2.05) is 29.2 Å². The summed E-state index contributed by atoms with van der Waals surface area (Å²) in [5, 5.41) is 3.80. The van der Waals surface area contributed by atoms with Crippen LogP contribution in [-0.4, -0.2) is 35.5 Å². The number of amides is 1. The molecule has 2 aromatic rings. The SMILES string of the molecule is O=C1CN(c2ncnc3ccccc23)CCN1. The number of nitrogens with one attached hydrogen (secondary N) is 1. The summed E-state index contributed by atoms with van der Waals surface area (Å²) < 4.78 is 0. The lowest BCUT2D eigenvalue weighted by atomic mass is 10.2. The van der Waals surface area contributed by atoms with Gasteiger partial charge in [0.2, 0.25) is 5.91 Å². The molecule has 0 bridgehead atoms. The van der Waals surface area contributed by atoms with Gasteiger partial charge in [-0.25, -0.2) is 9.97 Å². The smallest absolute Gasteiger partial charge is 0.239 e. The molecule has 5 nitrogen and oxygen atoms in total. The van der Waals surface area contributed by atoms with Crippen LogP contribution in [0.25, 0.3) is 10.9 Å². The highest BCUT2D eigenvalue weighted by Crippen LogP contribution is 2.22. The fraction of sp³-hybridized carbons (Fsp3) is 0.250. The summed E-state index contributed by atoms with van der Waals surface area (Å²) in [7, 11) is 0. The molecule has 5 heteroatoms. The van der Waals surface area contributed by atoms with E-state index >= 15 is 0 Å². The number of rotatable bonds is 1. The average molecular weight is 228 g/mol. The van der Waals surface area contributed by atoms with Gasteiger partial charge in [-0.1, -0.05) is 12.1 Å². The maximum Gasteiger partial charge on any atom is 0.239 e. The van der Waals surface area contributed by atoms with Crippen LogP contribution in [0, 0.1) is 0 Å². The van der Waals surface area contributed by atoms with Crippen LogP contribution in [0.2, 0.25) is 0 Å². The molecule has 2 heterocycles. The Labute approximate surface area is 98.5 Å². The first-order valence-corrected chi connectivity index (χ1v) is 5.56. The van der Waals surface area contributed by atoms with Gasteiger partial charge in [0.25, 0.3) is 0 Å². The van der Waals surface area contributed by atoms with Crippen molar-refractivity contribution < 1.29 is 4.79 Å². The number of carbonyl (C=O) groups is 1. The second-order valence-corrected chi connectivity index (χ2v) is 3.99. The lowest BCUT2D eigenvalue weighted by molar-refractivity contribution is -0.120. The van der Waals surface area contributed by atoms with E-state index in [9.17, 15) is 4.79 Å². The van der Waals surface area contributed by atoms with Gasteiger partial charge >= 0.3 is 0 Å². The zero-order valence-corrected chi connectivity index (χ0v) is 9.26. The van der Waals surface area contributed by atoms with E-state index in [1.54, 1.807) is 6.33 Å². The summed E-state index contributed by atoms with van der Waals surface area (Å²) in [5.74, 6) is 0.879. The second-order valence-electron chi connectivity index (χ2n) is 3.99. The molecule has 1 aliphatic heterocycles. The number of fused-ring (bicyclic) bond motifs is 1. The van der Waals surface area contributed by atoms with Gasteiger partial charge < -0.3 is 10.2 Å². The van der Waals surface area contributed by atoms with Gasteiger partial charge in [0, 0.05) is 18.5 Å². The summed E-state index contributed by atoms with van der Waals surface area (Å²) in [5.41, 5.74) is 0.906. The van der Waals surface area contributed by atoms with Crippen molar-refractivity contribution in [3.05, 3.63) is 30.6 Å². The molecular formula is C12H12N4O. The van der Waals surface area contributed by atoms with E-state index in [2.05, 4.69) is 15.3 Å². The van der Waals surface area contributed by atoms with Gasteiger partial charge in [0.15, 0.2) is 0 Å². The third kappa shape index (κ3) is 1.80. The molecular weight excluding hydrogens is 216 g/mol. The van der Waals surface area contributed by atoms with Crippen molar-refractivity contribution >= 4 is 22.6 Å². The van der Waals surface area contributed by atoms with Crippen molar-refractivity contribution in [3.8, 4) is 0 Å². The van der Waals surface area contributed by atoms with Gasteiger partial charge in [-0.05, 0) is 12.1 Å². The summed E-state index contributed by atoms with van der Waals surface area (Å²) in [6, 6.07) is 7.84. The number of hydrogen-bond donors (Lipinski definition) is 1. The molecule has 17 heavy (non-hydrogen) atoms. The summed E-state index contributed by atoms with van der Waals surface area (Å²) >= 11 is 0. The standard InChI is InChI=1S/C12H12N4O/c17-11-7-16(6-5-13-11)12-9-3-1-2-4-10(9)14-8-15-12/h1-4,8H,5-7H2,(H,13,17). The Kier molecular flexibility index (Phi) is 2.36. The number of piperazine rings is 1. The number of nitrogens with zero attached hydrogens (tertiary/aromatic N) is 3. The maximum absolute atomic E-state index is 11.4. The molecule has 1 aromatic carbocycles. The Hall–Kier alpha value is -2.17. The van der Waals surface area contributed by atoms with Crippen LogP contribution in [0.3, 0.4) is 0 Å². The van der Waals surface area contributed by atoms with E-state index in [1.165, 1.54) is 0 Å². The second kappa shape index (κ2) is 4.01. The quantitative estimate of drug-likeness (QED) is 0.775. The average Bonchev–Trinajstić information content (AvgIpc) is 2.38. The van der Waals surface area contributed by atoms with E-state index in [0.29, 0.717) is 13.1 Å². The van der Waals surface area contributed by atoms with Gasteiger partial charge in [-0.15, -0.1) is 0 Å². The zero-order valence-electron chi connectivity index (χ0n) is 9.26. The molecule has 1 aromatic heterocycles. The van der Waals surface area contributed by atoms with E-state index in [0.717, 1.165) is 23.3 Å². The summed E-state index contributed by atoms with van der Waals surface area (Å²) in [6.45, 7) is 1.81. The first-order valence-electron chi connectivity index (χ1n) is 5.56. The predicted molar refractivity (Wildman–Crippen MR) is 64.8 cm³/mol. The summed E-state index contributed by atoms with van der Waals surface area (Å²) in [4.78, 5) is 21.9. The molecule has 1 amide bonds. The third-order valence-electron chi connectivity index (χ3n) is 2.86. The minimum absolute atomic E-state index is 0.0407. The number of carbonyl (C=O) groups excluding carboxylic acids is 1. The van der Waals surface area contributed by atoms with Crippen molar-refractivity contribution in [2.45, 2.75) is 0 Å². The number of aromatic nitrogens is 2. The van der Waals surface area contributed by atoms with Crippen LogP contribution in [0.15, 0.2) is 30.6 Å². The Morgan fingerprint density at radius 1 is 1.24 bits per heavy atom. The molecule has 0 atom stereocenters. The summed E-state index contributed by atoms with van der Waals surface area (Å²) in [6.07, 6.45) is 1.55. The molecule has 86 valence electrons. The molecule has 1 fully saturated rings. The Bertz CT molecular complexity index is 564. The fourth-order valence-corrected chi connectivity index (χ4v) is 2.06.